The van der Waals surface area contributed by atoms with Gasteiger partial charge in [-0.05, 0) is 43.7 Å². The van der Waals surface area contributed by atoms with E-state index in [-0.39, 0.29) is 12.7 Å². The van der Waals surface area contributed by atoms with Gasteiger partial charge in [0.05, 0.1) is 12.2 Å². The molecule has 1 fully saturated rings. The van der Waals surface area contributed by atoms with Gasteiger partial charge < -0.3 is 9.84 Å². The van der Waals surface area contributed by atoms with Gasteiger partial charge in [0.2, 0.25) is 0 Å². The topological polar surface area (TPSA) is 29.5 Å². The van der Waals surface area contributed by atoms with Gasteiger partial charge in [-0.15, -0.1) is 0 Å². The number of aliphatic hydroxyl groups excluding tert-OH is 1. The van der Waals surface area contributed by atoms with Crippen molar-refractivity contribution in [2.45, 2.75) is 51.2 Å². The summed E-state index contributed by atoms with van der Waals surface area (Å²) < 4.78 is 6.07. The molecule has 2 heteroatoms. The molecule has 0 aromatic heterocycles. The van der Waals surface area contributed by atoms with Gasteiger partial charge in [0.15, 0.2) is 0 Å². The summed E-state index contributed by atoms with van der Waals surface area (Å²) in [5.41, 5.74) is 1.07. The molecule has 2 rings (SSSR count). The summed E-state index contributed by atoms with van der Waals surface area (Å²) in [6.45, 7) is 2.54. The molecule has 3 atom stereocenters. The fourth-order valence-corrected chi connectivity index (χ4v) is 2.73. The van der Waals surface area contributed by atoms with Gasteiger partial charge in [-0.25, -0.2) is 0 Å². The lowest BCUT2D eigenvalue weighted by molar-refractivity contribution is 0.0319. The minimum absolute atomic E-state index is 0.278. The van der Waals surface area contributed by atoms with Gasteiger partial charge in [-0.3, -0.25) is 0 Å². The molecular formula is C18H24O2. The van der Waals surface area contributed by atoms with E-state index in [1.807, 2.05) is 30.3 Å². The molecule has 0 radical (unpaired) electrons. The molecule has 0 spiro atoms. The lowest BCUT2D eigenvalue weighted by atomic mass is 9.97. The summed E-state index contributed by atoms with van der Waals surface area (Å²) >= 11 is 0. The maximum atomic E-state index is 8.82. The number of hydrogen-bond acceptors (Lipinski definition) is 2. The Morgan fingerprint density at radius 2 is 2.05 bits per heavy atom. The van der Waals surface area contributed by atoms with Gasteiger partial charge in [0.1, 0.15) is 0 Å². The van der Waals surface area contributed by atoms with E-state index < -0.39 is 0 Å². The Kier molecular flexibility index (Phi) is 6.11. The minimum atomic E-state index is 0.278. The van der Waals surface area contributed by atoms with Crippen molar-refractivity contribution >= 4 is 0 Å². The molecule has 0 bridgehead atoms. The van der Waals surface area contributed by atoms with E-state index >= 15 is 0 Å². The van der Waals surface area contributed by atoms with Crippen molar-refractivity contribution in [3.05, 3.63) is 35.9 Å². The van der Waals surface area contributed by atoms with E-state index in [0.29, 0.717) is 12.0 Å². The smallest absolute Gasteiger partial charge is 0.0691 e. The van der Waals surface area contributed by atoms with E-state index in [9.17, 15) is 0 Å². The highest BCUT2D eigenvalue weighted by molar-refractivity contribution is 5.33. The number of rotatable bonds is 5. The summed E-state index contributed by atoms with van der Waals surface area (Å²) in [4.78, 5) is 0. The summed E-state index contributed by atoms with van der Waals surface area (Å²) in [7, 11) is 0. The fourth-order valence-electron chi connectivity index (χ4n) is 2.73. The van der Waals surface area contributed by atoms with Gasteiger partial charge in [0.25, 0.3) is 0 Å². The summed E-state index contributed by atoms with van der Waals surface area (Å²) in [6.07, 6.45) is 5.54. The Morgan fingerprint density at radius 1 is 1.25 bits per heavy atom. The molecule has 1 saturated heterocycles. The number of ether oxygens (including phenoxy) is 1. The molecule has 0 amide bonds. The Bertz CT molecular complexity index is 443. The van der Waals surface area contributed by atoms with Crippen LogP contribution in [-0.4, -0.2) is 23.9 Å². The van der Waals surface area contributed by atoms with Gasteiger partial charge >= 0.3 is 0 Å². The third-order valence-electron chi connectivity index (χ3n) is 3.87. The van der Waals surface area contributed by atoms with Crippen molar-refractivity contribution in [2.24, 2.45) is 5.92 Å². The standard InChI is InChI=1S/C18H24O2/c1-15-14-17(20-18(15)12-5-6-13-19)11-7-10-16-8-3-2-4-9-16/h2-4,8-9,15,17-19H,5-6,11-14H2,1H3/t15-,17-,18-/m0/s1. The van der Waals surface area contributed by atoms with Crippen molar-refractivity contribution in [2.75, 3.05) is 6.61 Å². The Hall–Kier alpha value is -1.30. The Morgan fingerprint density at radius 3 is 2.80 bits per heavy atom. The highest BCUT2D eigenvalue weighted by atomic mass is 16.5. The molecule has 2 nitrogen and oxygen atoms in total. The Labute approximate surface area is 122 Å². The molecule has 108 valence electrons. The minimum Gasteiger partial charge on any atom is -0.396 e. The van der Waals surface area contributed by atoms with E-state index in [2.05, 4.69) is 18.8 Å². The second kappa shape index (κ2) is 8.09. The molecule has 1 aromatic carbocycles. The van der Waals surface area contributed by atoms with Crippen LogP contribution in [0.1, 0.15) is 44.6 Å². The van der Waals surface area contributed by atoms with Crippen LogP contribution in [-0.2, 0) is 4.74 Å². The maximum absolute atomic E-state index is 8.82. The zero-order chi connectivity index (χ0) is 14.2. The average molecular weight is 272 g/mol. The normalized spacial score (nSPS) is 25.2. The molecular weight excluding hydrogens is 248 g/mol. The fraction of sp³-hybridized carbons (Fsp3) is 0.556. The molecule has 1 N–H and O–H groups in total. The number of benzene rings is 1. The first-order chi connectivity index (χ1) is 9.79. The number of hydrogen-bond donors (Lipinski definition) is 1. The van der Waals surface area contributed by atoms with Gasteiger partial charge in [-0.1, -0.05) is 37.0 Å². The second-order valence-corrected chi connectivity index (χ2v) is 5.60. The zero-order valence-corrected chi connectivity index (χ0v) is 12.2. The molecule has 1 aromatic rings. The second-order valence-electron chi connectivity index (χ2n) is 5.60. The van der Waals surface area contributed by atoms with Crippen molar-refractivity contribution in [3.63, 3.8) is 0 Å². The molecule has 0 aliphatic carbocycles. The number of aliphatic hydroxyl groups is 1. The number of unbranched alkanes of at least 4 members (excludes halogenated alkanes) is 1. The zero-order valence-electron chi connectivity index (χ0n) is 12.2. The molecule has 1 heterocycles. The third-order valence-corrected chi connectivity index (χ3v) is 3.87. The van der Waals surface area contributed by atoms with E-state index in [4.69, 9.17) is 9.84 Å². The highest BCUT2D eigenvalue weighted by Crippen LogP contribution is 2.30. The first kappa shape index (κ1) is 15.1. The largest absolute Gasteiger partial charge is 0.396 e. The van der Waals surface area contributed by atoms with Crippen molar-refractivity contribution in [1.82, 2.24) is 0 Å². The van der Waals surface area contributed by atoms with Crippen molar-refractivity contribution in [1.29, 1.82) is 0 Å². The van der Waals surface area contributed by atoms with E-state index in [1.54, 1.807) is 0 Å². The lowest BCUT2D eigenvalue weighted by Crippen LogP contribution is -2.14. The predicted octanol–water partition coefficient (Wildman–Crippen LogP) is 3.38. The summed E-state index contributed by atoms with van der Waals surface area (Å²) in [6, 6.07) is 10.1. The van der Waals surface area contributed by atoms with Crippen LogP contribution in [0.3, 0.4) is 0 Å². The maximum Gasteiger partial charge on any atom is 0.0691 e. The molecule has 1 aliphatic rings. The van der Waals surface area contributed by atoms with Crippen LogP contribution in [0, 0.1) is 17.8 Å². The summed E-state index contributed by atoms with van der Waals surface area (Å²) in [5, 5.41) is 8.82. The molecule has 20 heavy (non-hydrogen) atoms. The van der Waals surface area contributed by atoms with E-state index in [1.165, 1.54) is 0 Å². The van der Waals surface area contributed by atoms with Crippen molar-refractivity contribution in [3.8, 4) is 11.8 Å². The van der Waals surface area contributed by atoms with Crippen LogP contribution >= 0.6 is 0 Å². The monoisotopic (exact) mass is 272 g/mol. The van der Waals surface area contributed by atoms with Gasteiger partial charge in [-0.2, -0.15) is 0 Å². The van der Waals surface area contributed by atoms with Crippen LogP contribution in [0.2, 0.25) is 0 Å². The third kappa shape index (κ3) is 4.67. The van der Waals surface area contributed by atoms with Crippen LogP contribution < -0.4 is 0 Å². The van der Waals surface area contributed by atoms with Crippen LogP contribution in [0.25, 0.3) is 0 Å². The SMILES string of the molecule is C[C@H]1C[C@H](CC#Cc2ccccc2)O[C@H]1CCCCO. The molecule has 0 saturated carbocycles. The first-order valence-electron chi connectivity index (χ1n) is 7.60. The van der Waals surface area contributed by atoms with Crippen LogP contribution in [0.5, 0.6) is 0 Å². The lowest BCUT2D eigenvalue weighted by Gasteiger charge is -2.14. The first-order valence-corrected chi connectivity index (χ1v) is 7.60. The molecule has 0 unspecified atom stereocenters. The average Bonchev–Trinajstić information content (AvgIpc) is 2.81. The quantitative estimate of drug-likeness (QED) is 0.657. The predicted molar refractivity (Wildman–Crippen MR) is 81.3 cm³/mol. The van der Waals surface area contributed by atoms with Crippen LogP contribution in [0.4, 0.5) is 0 Å². The van der Waals surface area contributed by atoms with E-state index in [0.717, 1.165) is 37.7 Å². The highest BCUT2D eigenvalue weighted by Gasteiger charge is 2.30. The summed E-state index contributed by atoms with van der Waals surface area (Å²) in [5.74, 6) is 7.04. The van der Waals surface area contributed by atoms with Crippen LogP contribution in [0.15, 0.2) is 30.3 Å². The van der Waals surface area contributed by atoms with Gasteiger partial charge in [0, 0.05) is 18.6 Å². The molecule has 1 aliphatic heterocycles. The van der Waals surface area contributed by atoms with Crippen molar-refractivity contribution < 1.29 is 9.84 Å². The Balaban J connectivity index is 1.76.